The van der Waals surface area contributed by atoms with Crippen molar-refractivity contribution in [3.05, 3.63) is 41.2 Å². The third-order valence-electron chi connectivity index (χ3n) is 5.13. The third kappa shape index (κ3) is 3.01. The number of ether oxygens (including phenoxy) is 1. The van der Waals surface area contributed by atoms with Gasteiger partial charge in [-0.2, -0.15) is 5.10 Å². The molecule has 132 valence electrons. The van der Waals surface area contributed by atoms with E-state index in [0.29, 0.717) is 29.1 Å². The second-order valence-corrected chi connectivity index (χ2v) is 7.18. The Balaban J connectivity index is 1.64. The summed E-state index contributed by atoms with van der Waals surface area (Å²) in [5.41, 5.74) is 1.20. The minimum atomic E-state index is -0.0954. The number of hydrogen-bond acceptors (Lipinski definition) is 3. The summed E-state index contributed by atoms with van der Waals surface area (Å²) in [5, 5.41) is 5.10. The van der Waals surface area contributed by atoms with Gasteiger partial charge in [0.1, 0.15) is 6.10 Å². The highest BCUT2D eigenvalue weighted by molar-refractivity contribution is 6.32. The molecular weight excluding hydrogens is 338 g/mol. The lowest BCUT2D eigenvalue weighted by Gasteiger charge is -2.34. The Labute approximate surface area is 152 Å². The SMILES string of the molecule is CCC1CN(C(=O)c2ccn(C3CCCC3)n2)c2cccc(Cl)c2O1. The molecule has 4 rings (SSSR count). The summed E-state index contributed by atoms with van der Waals surface area (Å²) in [4.78, 5) is 14.9. The fraction of sp³-hybridized carbons (Fsp3) is 0.474. The van der Waals surface area contributed by atoms with Crippen molar-refractivity contribution in [2.75, 3.05) is 11.4 Å². The predicted octanol–water partition coefficient (Wildman–Crippen LogP) is 4.47. The van der Waals surface area contributed by atoms with Gasteiger partial charge < -0.3 is 4.74 Å². The maximum atomic E-state index is 13.1. The van der Waals surface area contributed by atoms with E-state index in [2.05, 4.69) is 5.10 Å². The van der Waals surface area contributed by atoms with Gasteiger partial charge in [0.05, 0.1) is 23.3 Å². The van der Waals surface area contributed by atoms with Crippen molar-refractivity contribution in [2.45, 2.75) is 51.2 Å². The molecule has 25 heavy (non-hydrogen) atoms. The molecule has 6 heteroatoms. The molecule has 1 aliphatic heterocycles. The van der Waals surface area contributed by atoms with E-state index in [1.807, 2.05) is 36.0 Å². The number of fused-ring (bicyclic) bond motifs is 1. The summed E-state index contributed by atoms with van der Waals surface area (Å²) in [5.74, 6) is 0.493. The number of para-hydroxylation sites is 1. The minimum absolute atomic E-state index is 0.0618. The van der Waals surface area contributed by atoms with Gasteiger partial charge >= 0.3 is 0 Å². The Morgan fingerprint density at radius 1 is 1.32 bits per heavy atom. The standard InChI is InChI=1S/C19H22ClN3O2/c1-2-14-12-22(17-9-5-8-15(20)18(17)25-14)19(24)16-10-11-23(21-16)13-6-3-4-7-13/h5,8-11,13-14H,2-4,6-7,12H2,1H3. The lowest BCUT2D eigenvalue weighted by Crippen LogP contribution is -2.43. The largest absolute Gasteiger partial charge is 0.485 e. The molecule has 1 aliphatic carbocycles. The molecule has 0 saturated heterocycles. The van der Waals surface area contributed by atoms with Crippen LogP contribution in [-0.4, -0.2) is 28.3 Å². The van der Waals surface area contributed by atoms with E-state index in [0.717, 1.165) is 24.9 Å². The van der Waals surface area contributed by atoms with Crippen LogP contribution in [0.25, 0.3) is 0 Å². The highest BCUT2D eigenvalue weighted by Gasteiger charge is 2.32. The molecule has 2 aromatic rings. The molecule has 1 unspecified atom stereocenters. The monoisotopic (exact) mass is 359 g/mol. The zero-order valence-electron chi connectivity index (χ0n) is 14.3. The van der Waals surface area contributed by atoms with E-state index < -0.39 is 0 Å². The molecule has 1 amide bonds. The van der Waals surface area contributed by atoms with Crippen molar-refractivity contribution in [1.29, 1.82) is 0 Å². The molecule has 1 fully saturated rings. The Morgan fingerprint density at radius 3 is 2.88 bits per heavy atom. The Hall–Kier alpha value is -2.01. The van der Waals surface area contributed by atoms with Crippen LogP contribution in [0.4, 0.5) is 5.69 Å². The fourth-order valence-electron chi connectivity index (χ4n) is 3.70. The average molecular weight is 360 g/mol. The van der Waals surface area contributed by atoms with Crippen molar-refractivity contribution in [1.82, 2.24) is 9.78 Å². The Kier molecular flexibility index (Phi) is 4.42. The summed E-state index contributed by atoms with van der Waals surface area (Å²) in [6.45, 7) is 2.56. The van der Waals surface area contributed by atoms with Gasteiger partial charge in [0, 0.05) is 6.20 Å². The molecule has 2 heterocycles. The lowest BCUT2D eigenvalue weighted by atomic mass is 10.1. The van der Waals surface area contributed by atoms with Gasteiger partial charge in [-0.25, -0.2) is 0 Å². The molecule has 1 aromatic carbocycles. The summed E-state index contributed by atoms with van der Waals surface area (Å²) in [6, 6.07) is 7.75. The van der Waals surface area contributed by atoms with E-state index in [1.54, 1.807) is 11.0 Å². The maximum absolute atomic E-state index is 13.1. The van der Waals surface area contributed by atoms with Crippen LogP contribution in [0, 0.1) is 0 Å². The van der Waals surface area contributed by atoms with E-state index in [4.69, 9.17) is 16.3 Å². The van der Waals surface area contributed by atoms with E-state index in [-0.39, 0.29) is 12.0 Å². The van der Waals surface area contributed by atoms with Crippen molar-refractivity contribution in [3.8, 4) is 5.75 Å². The topological polar surface area (TPSA) is 47.4 Å². The summed E-state index contributed by atoms with van der Waals surface area (Å²) in [7, 11) is 0. The van der Waals surface area contributed by atoms with Crippen molar-refractivity contribution < 1.29 is 9.53 Å². The van der Waals surface area contributed by atoms with Crippen LogP contribution in [0.3, 0.4) is 0 Å². The number of rotatable bonds is 3. The number of anilines is 1. The van der Waals surface area contributed by atoms with Crippen LogP contribution >= 0.6 is 11.6 Å². The number of carbonyl (C=O) groups is 1. The van der Waals surface area contributed by atoms with Crippen LogP contribution in [-0.2, 0) is 0 Å². The number of benzene rings is 1. The first-order chi connectivity index (χ1) is 12.2. The predicted molar refractivity (Wildman–Crippen MR) is 97.6 cm³/mol. The number of carbonyl (C=O) groups excluding carboxylic acids is 1. The summed E-state index contributed by atoms with van der Waals surface area (Å²) < 4.78 is 7.92. The molecule has 1 saturated carbocycles. The number of halogens is 1. The van der Waals surface area contributed by atoms with E-state index in [9.17, 15) is 4.79 Å². The zero-order chi connectivity index (χ0) is 17.4. The van der Waals surface area contributed by atoms with Gasteiger partial charge in [0.15, 0.2) is 11.4 Å². The first-order valence-corrected chi connectivity index (χ1v) is 9.37. The quantitative estimate of drug-likeness (QED) is 0.812. The molecule has 0 spiro atoms. The van der Waals surface area contributed by atoms with Crippen LogP contribution in [0.15, 0.2) is 30.5 Å². The van der Waals surface area contributed by atoms with Crippen LogP contribution in [0.1, 0.15) is 55.6 Å². The smallest absolute Gasteiger partial charge is 0.279 e. The molecule has 0 bridgehead atoms. The third-order valence-corrected chi connectivity index (χ3v) is 5.43. The normalized spacial score (nSPS) is 20.4. The van der Waals surface area contributed by atoms with Gasteiger partial charge in [-0.05, 0) is 37.5 Å². The molecule has 0 radical (unpaired) electrons. The van der Waals surface area contributed by atoms with Gasteiger partial charge in [0.2, 0.25) is 0 Å². The number of hydrogen-bond donors (Lipinski definition) is 0. The average Bonchev–Trinajstić information content (AvgIpc) is 3.32. The summed E-state index contributed by atoms with van der Waals surface area (Å²) in [6.07, 6.45) is 7.44. The Morgan fingerprint density at radius 2 is 2.12 bits per heavy atom. The molecule has 2 aliphatic rings. The van der Waals surface area contributed by atoms with Gasteiger partial charge in [-0.3, -0.25) is 14.4 Å². The second kappa shape index (κ2) is 6.71. The second-order valence-electron chi connectivity index (χ2n) is 6.77. The molecule has 0 N–H and O–H groups in total. The summed E-state index contributed by atoms with van der Waals surface area (Å²) >= 11 is 6.29. The van der Waals surface area contributed by atoms with Gasteiger partial charge in [-0.15, -0.1) is 0 Å². The van der Waals surface area contributed by atoms with E-state index in [1.165, 1.54) is 12.8 Å². The molecule has 1 atom stereocenters. The highest BCUT2D eigenvalue weighted by Crippen LogP contribution is 2.40. The van der Waals surface area contributed by atoms with Crippen LogP contribution in [0.5, 0.6) is 5.75 Å². The van der Waals surface area contributed by atoms with Gasteiger partial charge in [0.25, 0.3) is 5.91 Å². The van der Waals surface area contributed by atoms with E-state index >= 15 is 0 Å². The maximum Gasteiger partial charge on any atom is 0.279 e. The zero-order valence-corrected chi connectivity index (χ0v) is 15.1. The number of nitrogens with zero attached hydrogens (tertiary/aromatic N) is 3. The minimum Gasteiger partial charge on any atom is -0.485 e. The van der Waals surface area contributed by atoms with Crippen molar-refractivity contribution in [2.24, 2.45) is 0 Å². The fourth-order valence-corrected chi connectivity index (χ4v) is 3.91. The number of aromatic nitrogens is 2. The van der Waals surface area contributed by atoms with Crippen LogP contribution in [0.2, 0.25) is 5.02 Å². The number of amides is 1. The van der Waals surface area contributed by atoms with Crippen molar-refractivity contribution >= 4 is 23.2 Å². The van der Waals surface area contributed by atoms with Gasteiger partial charge in [-0.1, -0.05) is 37.4 Å². The first kappa shape index (κ1) is 16.5. The molecule has 1 aromatic heterocycles. The lowest BCUT2D eigenvalue weighted by molar-refractivity contribution is 0.0948. The first-order valence-electron chi connectivity index (χ1n) is 8.99. The molecule has 5 nitrogen and oxygen atoms in total. The molecular formula is C19H22ClN3O2. The van der Waals surface area contributed by atoms with Crippen LogP contribution < -0.4 is 9.64 Å². The van der Waals surface area contributed by atoms with Crippen molar-refractivity contribution in [3.63, 3.8) is 0 Å². The highest BCUT2D eigenvalue weighted by atomic mass is 35.5. The Bertz CT molecular complexity index is 783.